The molecule has 0 unspecified atom stereocenters. The molecule has 1 fully saturated rings. The van der Waals surface area contributed by atoms with Gasteiger partial charge in [-0.15, -0.1) is 11.3 Å². The molecule has 1 aliphatic rings. The average Bonchev–Trinajstić information content (AvgIpc) is 3.27. The molecule has 0 amide bonds. The zero-order valence-corrected chi connectivity index (χ0v) is 16.1. The van der Waals surface area contributed by atoms with Gasteiger partial charge in [0.1, 0.15) is 10.5 Å². The minimum atomic E-state index is 0.209. The van der Waals surface area contributed by atoms with Gasteiger partial charge in [-0.1, -0.05) is 30.5 Å². The van der Waals surface area contributed by atoms with Gasteiger partial charge in [0.15, 0.2) is 0 Å². The molecule has 3 aromatic rings. The lowest BCUT2D eigenvalue weighted by Gasteiger charge is -2.19. The Morgan fingerprint density at radius 3 is 2.77 bits per heavy atom. The van der Waals surface area contributed by atoms with Crippen LogP contribution in [-0.2, 0) is 0 Å². The number of fused-ring (bicyclic) bond motifs is 1. The molecule has 0 bridgehead atoms. The third kappa shape index (κ3) is 3.03. The number of benzene rings is 1. The monoisotopic (exact) mass is 368 g/mol. The smallest absolute Gasteiger partial charge is 0.317 e. The Bertz CT molecular complexity index is 921. The number of hydrogen-bond donors (Lipinski definition) is 0. The van der Waals surface area contributed by atoms with Crippen molar-refractivity contribution in [1.82, 2.24) is 14.5 Å². The van der Waals surface area contributed by atoms with Crippen LogP contribution in [0.1, 0.15) is 63.6 Å². The topological polar surface area (TPSA) is 52.3 Å². The predicted molar refractivity (Wildman–Crippen MR) is 107 cm³/mol. The largest absolute Gasteiger partial charge is 0.327 e. The van der Waals surface area contributed by atoms with Gasteiger partial charge < -0.3 is 4.84 Å². The van der Waals surface area contributed by atoms with E-state index in [2.05, 4.69) is 49.3 Å². The third-order valence-corrected chi connectivity index (χ3v) is 6.02. The van der Waals surface area contributed by atoms with Gasteiger partial charge in [-0.05, 0) is 38.8 Å². The van der Waals surface area contributed by atoms with E-state index >= 15 is 0 Å². The summed E-state index contributed by atoms with van der Waals surface area (Å²) in [6.45, 7) is 7.64. The van der Waals surface area contributed by atoms with Crippen LogP contribution in [0.3, 0.4) is 0 Å². The van der Waals surface area contributed by atoms with Crippen LogP contribution in [0.4, 0.5) is 0 Å². The Hall–Kier alpha value is -2.21. The van der Waals surface area contributed by atoms with Crippen LogP contribution < -0.4 is 4.84 Å². The van der Waals surface area contributed by atoms with Crippen molar-refractivity contribution in [2.45, 2.75) is 57.9 Å². The van der Waals surface area contributed by atoms with Crippen LogP contribution in [-0.4, -0.2) is 21.3 Å². The summed E-state index contributed by atoms with van der Waals surface area (Å²) in [5.41, 5.74) is 4.24. The first-order valence-electron chi connectivity index (χ1n) is 9.29. The third-order valence-electron chi connectivity index (χ3n) is 5.13. The highest BCUT2D eigenvalue weighted by molar-refractivity contribution is 7.13. The molecule has 6 heteroatoms. The molecule has 1 aliphatic carbocycles. The average molecular weight is 369 g/mol. The SMILES string of the molecule is C=NOc1nc2c(-c3nc(C4CCCCC4)cs3)cccc2n1C(C)C. The van der Waals surface area contributed by atoms with Crippen molar-refractivity contribution in [1.29, 1.82) is 0 Å². The van der Waals surface area contributed by atoms with Crippen LogP contribution in [0.25, 0.3) is 21.6 Å². The van der Waals surface area contributed by atoms with Gasteiger partial charge in [-0.2, -0.15) is 4.98 Å². The van der Waals surface area contributed by atoms with E-state index in [0.29, 0.717) is 11.9 Å². The van der Waals surface area contributed by atoms with Crippen LogP contribution in [0.5, 0.6) is 6.01 Å². The Labute approximate surface area is 157 Å². The molecule has 2 heterocycles. The van der Waals surface area contributed by atoms with Gasteiger partial charge in [0.05, 0.1) is 11.2 Å². The molecule has 5 nitrogen and oxygen atoms in total. The normalized spacial score (nSPS) is 15.7. The molecule has 0 N–H and O–H groups in total. The van der Waals surface area contributed by atoms with Crippen molar-refractivity contribution in [3.05, 3.63) is 29.3 Å². The number of rotatable bonds is 5. The highest BCUT2D eigenvalue weighted by Crippen LogP contribution is 2.38. The van der Waals surface area contributed by atoms with E-state index in [1.54, 1.807) is 11.3 Å². The summed E-state index contributed by atoms with van der Waals surface area (Å²) in [7, 11) is 0. The maximum Gasteiger partial charge on any atom is 0.327 e. The lowest BCUT2D eigenvalue weighted by Crippen LogP contribution is -2.04. The summed E-state index contributed by atoms with van der Waals surface area (Å²) in [5.74, 6) is 0.616. The number of nitrogens with zero attached hydrogens (tertiary/aromatic N) is 4. The number of aromatic nitrogens is 3. The zero-order chi connectivity index (χ0) is 18.1. The van der Waals surface area contributed by atoms with Gasteiger partial charge in [0.25, 0.3) is 0 Å². The summed E-state index contributed by atoms with van der Waals surface area (Å²) < 4.78 is 2.04. The van der Waals surface area contributed by atoms with E-state index in [4.69, 9.17) is 14.8 Å². The second-order valence-electron chi connectivity index (χ2n) is 7.16. The van der Waals surface area contributed by atoms with Crippen molar-refractivity contribution < 1.29 is 4.84 Å². The summed E-state index contributed by atoms with van der Waals surface area (Å²) >= 11 is 1.71. The van der Waals surface area contributed by atoms with E-state index in [-0.39, 0.29) is 6.04 Å². The molecule has 0 aliphatic heterocycles. The number of para-hydroxylation sites is 1. The fourth-order valence-corrected chi connectivity index (χ4v) is 4.81. The molecular weight excluding hydrogens is 344 g/mol. The number of oxime groups is 1. The van der Waals surface area contributed by atoms with Gasteiger partial charge in [0, 0.05) is 29.6 Å². The molecule has 0 saturated heterocycles. The zero-order valence-electron chi connectivity index (χ0n) is 15.3. The highest BCUT2D eigenvalue weighted by Gasteiger charge is 2.21. The maximum atomic E-state index is 5.32. The first-order valence-corrected chi connectivity index (χ1v) is 10.2. The van der Waals surface area contributed by atoms with Crippen molar-refractivity contribution in [2.75, 3.05) is 0 Å². The molecule has 4 rings (SSSR count). The molecule has 1 aromatic carbocycles. The molecule has 1 saturated carbocycles. The van der Waals surface area contributed by atoms with Crippen LogP contribution in [0, 0.1) is 0 Å². The van der Waals surface area contributed by atoms with Crippen LogP contribution in [0.15, 0.2) is 28.7 Å². The van der Waals surface area contributed by atoms with E-state index in [1.165, 1.54) is 37.8 Å². The first-order chi connectivity index (χ1) is 12.7. The fraction of sp³-hybridized carbons (Fsp3) is 0.450. The molecule has 2 aromatic heterocycles. The minimum Gasteiger partial charge on any atom is -0.317 e. The van der Waals surface area contributed by atoms with Gasteiger partial charge in [0.2, 0.25) is 0 Å². The summed E-state index contributed by atoms with van der Waals surface area (Å²) in [5, 5.41) is 6.82. The second-order valence-corrected chi connectivity index (χ2v) is 8.02. The fourth-order valence-electron chi connectivity index (χ4n) is 3.89. The van der Waals surface area contributed by atoms with Crippen molar-refractivity contribution >= 4 is 29.1 Å². The van der Waals surface area contributed by atoms with Gasteiger partial charge >= 0.3 is 6.01 Å². The molecule has 0 atom stereocenters. The lowest BCUT2D eigenvalue weighted by atomic mass is 9.87. The second kappa shape index (κ2) is 7.19. The quantitative estimate of drug-likeness (QED) is 0.423. The molecule has 26 heavy (non-hydrogen) atoms. The number of hydrogen-bond acceptors (Lipinski definition) is 5. The highest BCUT2D eigenvalue weighted by atomic mass is 32.1. The van der Waals surface area contributed by atoms with Gasteiger partial charge in [-0.25, -0.2) is 4.98 Å². The first kappa shape index (κ1) is 17.2. The maximum absolute atomic E-state index is 5.32. The Kier molecular flexibility index (Phi) is 4.76. The Balaban J connectivity index is 1.78. The summed E-state index contributed by atoms with van der Waals surface area (Å²) in [4.78, 5) is 15.0. The number of imidazole rings is 1. The Morgan fingerprint density at radius 2 is 2.04 bits per heavy atom. The Morgan fingerprint density at radius 1 is 1.23 bits per heavy atom. The van der Waals surface area contributed by atoms with Gasteiger partial charge in [-0.3, -0.25) is 4.57 Å². The molecule has 0 spiro atoms. The van der Waals surface area contributed by atoms with Crippen molar-refractivity contribution in [3.63, 3.8) is 0 Å². The van der Waals surface area contributed by atoms with Crippen LogP contribution >= 0.6 is 11.3 Å². The number of thiazole rings is 1. The van der Waals surface area contributed by atoms with E-state index in [0.717, 1.165) is 21.6 Å². The minimum absolute atomic E-state index is 0.209. The standard InChI is InChI=1S/C20H24N4OS/c1-13(2)24-17-11-7-10-15(18(17)23-20(24)25-21-3)19-22-16(12-26-19)14-8-5-4-6-9-14/h7,10-14H,3-6,8-9H2,1-2H3. The van der Waals surface area contributed by atoms with E-state index in [9.17, 15) is 0 Å². The van der Waals surface area contributed by atoms with Crippen LogP contribution in [0.2, 0.25) is 0 Å². The molecule has 136 valence electrons. The predicted octanol–water partition coefficient (Wildman–Crippen LogP) is 5.78. The van der Waals surface area contributed by atoms with Crippen molar-refractivity contribution in [2.24, 2.45) is 5.16 Å². The lowest BCUT2D eigenvalue weighted by molar-refractivity contribution is 0.295. The van der Waals surface area contributed by atoms with E-state index < -0.39 is 0 Å². The van der Waals surface area contributed by atoms with E-state index in [1.807, 2.05) is 4.57 Å². The summed E-state index contributed by atoms with van der Waals surface area (Å²) in [6.07, 6.45) is 6.53. The molecule has 0 radical (unpaired) electrons. The molecular formula is C20H24N4OS. The van der Waals surface area contributed by atoms with Crippen molar-refractivity contribution in [3.8, 4) is 16.6 Å². The summed E-state index contributed by atoms with van der Waals surface area (Å²) in [6, 6.07) is 6.90.